The minimum atomic E-state index is 0.550. The molecule has 90 valence electrons. The van der Waals surface area contributed by atoms with Crippen molar-refractivity contribution < 1.29 is 4.42 Å². The highest BCUT2D eigenvalue weighted by Crippen LogP contribution is 2.39. The Kier molecular flexibility index (Phi) is 3.98. The Morgan fingerprint density at radius 2 is 2.12 bits per heavy atom. The number of nitrogens with one attached hydrogen (secondary N) is 1. The highest BCUT2D eigenvalue weighted by molar-refractivity contribution is 7.97. The summed E-state index contributed by atoms with van der Waals surface area (Å²) >= 11 is 1.79. The summed E-state index contributed by atoms with van der Waals surface area (Å²) in [6.45, 7) is 4.35. The molecule has 2 nitrogen and oxygen atoms in total. The summed E-state index contributed by atoms with van der Waals surface area (Å²) in [7, 11) is 0. The number of furan rings is 1. The van der Waals surface area contributed by atoms with Crippen molar-refractivity contribution >= 4 is 11.8 Å². The summed E-state index contributed by atoms with van der Waals surface area (Å²) in [6, 6.07) is 4.17. The summed E-state index contributed by atoms with van der Waals surface area (Å²) in [6.07, 6.45) is 6.24. The van der Waals surface area contributed by atoms with E-state index in [0.29, 0.717) is 5.41 Å². The van der Waals surface area contributed by atoms with Crippen molar-refractivity contribution in [1.82, 2.24) is 5.32 Å². The normalized spacial score (nSPS) is 18.4. The number of hydrogen-bond donors (Lipinski definition) is 1. The molecule has 0 amide bonds. The molecule has 1 saturated carbocycles. The van der Waals surface area contributed by atoms with Gasteiger partial charge in [-0.3, -0.25) is 0 Å². The predicted molar refractivity (Wildman–Crippen MR) is 69.6 cm³/mol. The molecule has 0 aromatic carbocycles. The standard InChI is InChI=1S/C13H21NOS/c1-13(6-3-7-13)10-14-8-11-4-5-12(15-11)9-16-2/h4-5,14H,3,6-10H2,1-2H3. The molecule has 1 aliphatic rings. The molecule has 0 radical (unpaired) electrons. The van der Waals surface area contributed by atoms with Gasteiger partial charge in [-0.15, -0.1) is 0 Å². The fourth-order valence-electron chi connectivity index (χ4n) is 2.18. The zero-order chi connectivity index (χ0) is 11.4. The van der Waals surface area contributed by atoms with Crippen molar-refractivity contribution in [2.24, 2.45) is 5.41 Å². The molecule has 0 spiro atoms. The van der Waals surface area contributed by atoms with E-state index >= 15 is 0 Å². The van der Waals surface area contributed by atoms with Crippen LogP contribution >= 0.6 is 11.8 Å². The van der Waals surface area contributed by atoms with Gasteiger partial charge in [0.05, 0.1) is 12.3 Å². The van der Waals surface area contributed by atoms with E-state index < -0.39 is 0 Å². The van der Waals surface area contributed by atoms with Gasteiger partial charge in [-0.1, -0.05) is 13.3 Å². The van der Waals surface area contributed by atoms with Crippen LogP contribution < -0.4 is 5.32 Å². The molecule has 1 aliphatic carbocycles. The average molecular weight is 239 g/mol. The maximum Gasteiger partial charge on any atom is 0.118 e. The van der Waals surface area contributed by atoms with Gasteiger partial charge in [0.2, 0.25) is 0 Å². The van der Waals surface area contributed by atoms with Gasteiger partial charge in [0.25, 0.3) is 0 Å². The van der Waals surface area contributed by atoms with Crippen molar-refractivity contribution in [3.63, 3.8) is 0 Å². The van der Waals surface area contributed by atoms with Crippen molar-refractivity contribution in [2.45, 2.75) is 38.5 Å². The smallest absolute Gasteiger partial charge is 0.118 e. The van der Waals surface area contributed by atoms with Crippen molar-refractivity contribution in [3.05, 3.63) is 23.7 Å². The highest BCUT2D eigenvalue weighted by Gasteiger charge is 2.30. The Balaban J connectivity index is 1.72. The largest absolute Gasteiger partial charge is 0.464 e. The van der Waals surface area contributed by atoms with Crippen molar-refractivity contribution in [3.8, 4) is 0 Å². The number of hydrogen-bond acceptors (Lipinski definition) is 3. The molecule has 2 rings (SSSR count). The van der Waals surface area contributed by atoms with Crippen LogP contribution in [-0.4, -0.2) is 12.8 Å². The monoisotopic (exact) mass is 239 g/mol. The Bertz CT molecular complexity index is 330. The fraction of sp³-hybridized carbons (Fsp3) is 0.692. The Morgan fingerprint density at radius 1 is 1.38 bits per heavy atom. The van der Waals surface area contributed by atoms with Crippen molar-refractivity contribution in [1.29, 1.82) is 0 Å². The molecule has 1 heterocycles. The molecule has 16 heavy (non-hydrogen) atoms. The van der Waals surface area contributed by atoms with Crippen LogP contribution in [0.2, 0.25) is 0 Å². The zero-order valence-corrected chi connectivity index (χ0v) is 11.0. The van der Waals surface area contributed by atoms with Crippen LogP contribution in [0.15, 0.2) is 16.5 Å². The SMILES string of the molecule is CSCc1ccc(CNCC2(C)CCC2)o1. The molecule has 3 heteroatoms. The minimum Gasteiger partial charge on any atom is -0.464 e. The maximum absolute atomic E-state index is 5.71. The van der Waals surface area contributed by atoms with E-state index in [1.807, 2.05) is 0 Å². The lowest BCUT2D eigenvalue weighted by Crippen LogP contribution is -2.36. The highest BCUT2D eigenvalue weighted by atomic mass is 32.2. The molecule has 1 fully saturated rings. The van der Waals surface area contributed by atoms with Gasteiger partial charge in [-0.05, 0) is 36.6 Å². The first-order valence-corrected chi connectivity index (χ1v) is 7.38. The van der Waals surface area contributed by atoms with Crippen LogP contribution in [0, 0.1) is 5.41 Å². The molecule has 0 atom stereocenters. The average Bonchev–Trinajstić information content (AvgIpc) is 2.64. The minimum absolute atomic E-state index is 0.550. The van der Waals surface area contributed by atoms with Crippen molar-refractivity contribution in [2.75, 3.05) is 12.8 Å². The van der Waals surface area contributed by atoms with Crippen LogP contribution in [-0.2, 0) is 12.3 Å². The quantitative estimate of drug-likeness (QED) is 0.823. The van der Waals surface area contributed by atoms with E-state index in [9.17, 15) is 0 Å². The lowest BCUT2D eigenvalue weighted by molar-refractivity contribution is 0.155. The summed E-state index contributed by atoms with van der Waals surface area (Å²) in [5, 5.41) is 3.50. The van der Waals surface area contributed by atoms with Crippen LogP contribution in [0.1, 0.15) is 37.7 Å². The van der Waals surface area contributed by atoms with Crippen LogP contribution in [0.5, 0.6) is 0 Å². The summed E-state index contributed by atoms with van der Waals surface area (Å²) < 4.78 is 5.71. The van der Waals surface area contributed by atoms with E-state index in [4.69, 9.17) is 4.42 Å². The fourth-order valence-corrected chi connectivity index (χ4v) is 2.62. The van der Waals surface area contributed by atoms with Gasteiger partial charge >= 0.3 is 0 Å². The molecule has 1 aromatic rings. The Labute approximate surface area is 102 Å². The molecule has 1 aromatic heterocycles. The predicted octanol–water partition coefficient (Wildman–Crippen LogP) is 3.42. The lowest BCUT2D eigenvalue weighted by Gasteiger charge is -2.38. The molecule has 0 aliphatic heterocycles. The van der Waals surface area contributed by atoms with E-state index in [0.717, 1.165) is 30.4 Å². The lowest BCUT2D eigenvalue weighted by atomic mass is 9.70. The molecule has 0 unspecified atom stereocenters. The van der Waals surface area contributed by atoms with Gasteiger partial charge < -0.3 is 9.73 Å². The first-order valence-electron chi connectivity index (χ1n) is 5.99. The van der Waals surface area contributed by atoms with Crippen LogP contribution in [0.4, 0.5) is 0 Å². The third kappa shape index (κ3) is 3.05. The second kappa shape index (κ2) is 5.28. The summed E-state index contributed by atoms with van der Waals surface area (Å²) in [5.41, 5.74) is 0.550. The molecule has 0 bridgehead atoms. The summed E-state index contributed by atoms with van der Waals surface area (Å²) in [5.74, 6) is 3.11. The van der Waals surface area contributed by atoms with E-state index in [-0.39, 0.29) is 0 Å². The molecular formula is C13H21NOS. The first-order chi connectivity index (χ1) is 7.72. The number of rotatable bonds is 6. The number of thioether (sulfide) groups is 1. The topological polar surface area (TPSA) is 25.2 Å². The third-order valence-corrected chi connectivity index (χ3v) is 3.99. The van der Waals surface area contributed by atoms with Gasteiger partial charge in [-0.25, -0.2) is 0 Å². The third-order valence-electron chi connectivity index (χ3n) is 3.42. The van der Waals surface area contributed by atoms with E-state index in [1.165, 1.54) is 19.3 Å². The summed E-state index contributed by atoms with van der Waals surface area (Å²) in [4.78, 5) is 0. The van der Waals surface area contributed by atoms with Gasteiger partial charge in [-0.2, -0.15) is 11.8 Å². The van der Waals surface area contributed by atoms with E-state index in [2.05, 4.69) is 30.6 Å². The van der Waals surface area contributed by atoms with Crippen LogP contribution in [0.3, 0.4) is 0 Å². The first kappa shape index (κ1) is 12.1. The Morgan fingerprint density at radius 3 is 2.75 bits per heavy atom. The zero-order valence-electron chi connectivity index (χ0n) is 10.2. The van der Waals surface area contributed by atoms with Gasteiger partial charge in [0, 0.05) is 6.54 Å². The maximum atomic E-state index is 5.71. The van der Waals surface area contributed by atoms with Gasteiger partial charge in [0.1, 0.15) is 11.5 Å². The van der Waals surface area contributed by atoms with Gasteiger partial charge in [0.15, 0.2) is 0 Å². The Hall–Kier alpha value is -0.410. The molecule has 0 saturated heterocycles. The second-order valence-electron chi connectivity index (χ2n) is 5.07. The van der Waals surface area contributed by atoms with Crippen LogP contribution in [0.25, 0.3) is 0 Å². The van der Waals surface area contributed by atoms with E-state index in [1.54, 1.807) is 11.8 Å². The molecule has 1 N–H and O–H groups in total. The second-order valence-corrected chi connectivity index (χ2v) is 5.93. The molecular weight excluding hydrogens is 218 g/mol.